The molecule has 1 heterocycles. The Bertz CT molecular complexity index is 843. The summed E-state index contributed by atoms with van der Waals surface area (Å²) in [5, 5.41) is 4.13. The van der Waals surface area contributed by atoms with E-state index in [1.54, 1.807) is 6.07 Å². The van der Waals surface area contributed by atoms with Crippen molar-refractivity contribution in [1.82, 2.24) is 4.90 Å². The van der Waals surface area contributed by atoms with Crippen molar-refractivity contribution in [2.75, 3.05) is 6.54 Å². The van der Waals surface area contributed by atoms with Crippen molar-refractivity contribution in [3.8, 4) is 0 Å². The Labute approximate surface area is 166 Å². The third-order valence-corrected chi connectivity index (χ3v) is 4.57. The Morgan fingerprint density at radius 3 is 2.61 bits per heavy atom. The summed E-state index contributed by atoms with van der Waals surface area (Å²) < 4.78 is 13.5. The number of hydrogen-bond donors (Lipinski definition) is 0. The second kappa shape index (κ2) is 8.55. The van der Waals surface area contributed by atoms with Gasteiger partial charge in [0.1, 0.15) is 5.82 Å². The van der Waals surface area contributed by atoms with Crippen LogP contribution in [-0.4, -0.2) is 29.2 Å². The zero-order valence-electron chi connectivity index (χ0n) is 16.7. The molecule has 5 heteroatoms. The van der Waals surface area contributed by atoms with Gasteiger partial charge in [-0.1, -0.05) is 68.4 Å². The van der Waals surface area contributed by atoms with Gasteiger partial charge >= 0.3 is 0 Å². The molecule has 0 spiro atoms. The van der Waals surface area contributed by atoms with Gasteiger partial charge in [0, 0.05) is 24.9 Å². The number of halogens is 1. The first-order valence-electron chi connectivity index (χ1n) is 9.60. The second-order valence-corrected chi connectivity index (χ2v) is 8.48. The minimum absolute atomic E-state index is 0.0915. The average Bonchev–Trinajstić information content (AvgIpc) is 3.09. The smallest absolute Gasteiger partial charge is 0.223 e. The van der Waals surface area contributed by atoms with Crippen LogP contribution in [0.15, 0.2) is 59.8 Å². The van der Waals surface area contributed by atoms with Crippen molar-refractivity contribution in [1.29, 1.82) is 0 Å². The zero-order chi connectivity index (χ0) is 20.1. The maximum absolute atomic E-state index is 13.5. The van der Waals surface area contributed by atoms with Crippen LogP contribution < -0.4 is 0 Å². The lowest BCUT2D eigenvalue weighted by molar-refractivity contribution is -0.135. The third-order valence-electron chi connectivity index (χ3n) is 4.57. The molecule has 0 bridgehead atoms. The van der Waals surface area contributed by atoms with Crippen LogP contribution in [0.3, 0.4) is 0 Å². The third kappa shape index (κ3) is 5.65. The summed E-state index contributed by atoms with van der Waals surface area (Å²) >= 11 is 0. The van der Waals surface area contributed by atoms with E-state index in [-0.39, 0.29) is 23.2 Å². The van der Waals surface area contributed by atoms with Crippen molar-refractivity contribution in [3.63, 3.8) is 0 Å². The first-order chi connectivity index (χ1) is 13.3. The minimum Gasteiger partial charge on any atom is -0.390 e. The maximum Gasteiger partial charge on any atom is 0.223 e. The Kier molecular flexibility index (Phi) is 6.12. The molecule has 148 valence electrons. The molecule has 0 N–H and O–H groups in total. The van der Waals surface area contributed by atoms with Crippen LogP contribution in [0.25, 0.3) is 0 Å². The molecule has 0 fully saturated rings. The summed E-state index contributed by atoms with van der Waals surface area (Å²) in [6.07, 6.45) is 0.785. The highest BCUT2D eigenvalue weighted by Crippen LogP contribution is 2.23. The molecule has 0 radical (unpaired) electrons. The SMILES string of the molecule is CC(C)(C)CC(=O)N(Cc1ccccc1)C[C@H]1CC(c2cccc(F)c2)=NO1. The van der Waals surface area contributed by atoms with E-state index in [1.165, 1.54) is 12.1 Å². The summed E-state index contributed by atoms with van der Waals surface area (Å²) in [4.78, 5) is 20.4. The number of benzene rings is 2. The van der Waals surface area contributed by atoms with Gasteiger partial charge in [-0.15, -0.1) is 0 Å². The van der Waals surface area contributed by atoms with E-state index < -0.39 is 0 Å². The van der Waals surface area contributed by atoms with Gasteiger partial charge in [-0.3, -0.25) is 4.79 Å². The average molecular weight is 382 g/mol. The first kappa shape index (κ1) is 20.1. The van der Waals surface area contributed by atoms with Crippen LogP contribution in [0.4, 0.5) is 4.39 Å². The number of carbonyl (C=O) groups is 1. The van der Waals surface area contributed by atoms with Gasteiger partial charge in [-0.2, -0.15) is 0 Å². The van der Waals surface area contributed by atoms with Crippen molar-refractivity contribution in [2.45, 2.75) is 46.3 Å². The van der Waals surface area contributed by atoms with Crippen molar-refractivity contribution >= 4 is 11.6 Å². The second-order valence-electron chi connectivity index (χ2n) is 8.48. The molecule has 2 aromatic rings. The van der Waals surface area contributed by atoms with Crippen LogP contribution in [0.5, 0.6) is 0 Å². The van der Waals surface area contributed by atoms with Crippen LogP contribution >= 0.6 is 0 Å². The molecule has 1 atom stereocenters. The lowest BCUT2D eigenvalue weighted by atomic mass is 9.91. The summed E-state index contributed by atoms with van der Waals surface area (Å²) in [5.74, 6) is -0.200. The summed E-state index contributed by atoms with van der Waals surface area (Å²) in [7, 11) is 0. The number of oxime groups is 1. The molecule has 0 aromatic heterocycles. The molecule has 0 aliphatic carbocycles. The van der Waals surface area contributed by atoms with E-state index in [1.807, 2.05) is 41.3 Å². The van der Waals surface area contributed by atoms with E-state index in [4.69, 9.17) is 4.84 Å². The van der Waals surface area contributed by atoms with Crippen molar-refractivity contribution in [3.05, 3.63) is 71.5 Å². The fraction of sp³-hybridized carbons (Fsp3) is 0.391. The Morgan fingerprint density at radius 2 is 1.93 bits per heavy atom. The Morgan fingerprint density at radius 1 is 1.18 bits per heavy atom. The number of rotatable bonds is 6. The van der Waals surface area contributed by atoms with Crippen LogP contribution in [-0.2, 0) is 16.2 Å². The molecule has 0 unspecified atom stereocenters. The predicted molar refractivity (Wildman–Crippen MR) is 108 cm³/mol. The molecular formula is C23H27FN2O2. The number of carbonyl (C=O) groups excluding carboxylic acids is 1. The van der Waals surface area contributed by atoms with E-state index >= 15 is 0 Å². The van der Waals surface area contributed by atoms with E-state index in [0.29, 0.717) is 31.6 Å². The van der Waals surface area contributed by atoms with Gasteiger partial charge in [0.25, 0.3) is 0 Å². The zero-order valence-corrected chi connectivity index (χ0v) is 16.7. The van der Waals surface area contributed by atoms with Gasteiger partial charge in [-0.25, -0.2) is 4.39 Å². The fourth-order valence-electron chi connectivity index (χ4n) is 3.23. The van der Waals surface area contributed by atoms with Crippen LogP contribution in [0, 0.1) is 11.2 Å². The predicted octanol–water partition coefficient (Wildman–Crippen LogP) is 4.78. The molecule has 0 saturated heterocycles. The minimum atomic E-state index is -0.297. The number of hydrogen-bond acceptors (Lipinski definition) is 3. The standard InChI is InChI=1S/C23H27FN2O2/c1-23(2,3)14-22(27)26(15-17-8-5-4-6-9-17)16-20-13-21(25-28-20)18-10-7-11-19(24)12-18/h4-12,20H,13-16H2,1-3H3/t20-/m1/s1. The maximum atomic E-state index is 13.5. The molecule has 0 saturated carbocycles. The molecule has 28 heavy (non-hydrogen) atoms. The lowest BCUT2D eigenvalue weighted by Gasteiger charge is -2.28. The van der Waals surface area contributed by atoms with E-state index in [0.717, 1.165) is 11.1 Å². The van der Waals surface area contributed by atoms with Crippen LogP contribution in [0.1, 0.15) is 44.7 Å². The lowest BCUT2D eigenvalue weighted by Crippen LogP contribution is -2.38. The van der Waals surface area contributed by atoms with Crippen molar-refractivity contribution < 1.29 is 14.0 Å². The molecule has 4 nitrogen and oxygen atoms in total. The molecule has 1 aliphatic rings. The largest absolute Gasteiger partial charge is 0.390 e. The van der Waals surface area contributed by atoms with Gasteiger partial charge in [0.15, 0.2) is 6.10 Å². The topological polar surface area (TPSA) is 41.9 Å². The van der Waals surface area contributed by atoms with Gasteiger partial charge in [-0.05, 0) is 23.1 Å². The Balaban J connectivity index is 1.68. The molecular weight excluding hydrogens is 355 g/mol. The molecule has 1 aliphatic heterocycles. The highest BCUT2D eigenvalue weighted by molar-refractivity contribution is 6.01. The molecule has 1 amide bonds. The van der Waals surface area contributed by atoms with E-state index in [2.05, 4.69) is 25.9 Å². The molecule has 3 rings (SSSR count). The van der Waals surface area contributed by atoms with Gasteiger partial charge in [0.2, 0.25) is 5.91 Å². The van der Waals surface area contributed by atoms with Crippen LogP contribution in [0.2, 0.25) is 0 Å². The molecule has 2 aromatic carbocycles. The van der Waals surface area contributed by atoms with Gasteiger partial charge in [0.05, 0.1) is 12.3 Å². The normalized spacial score (nSPS) is 16.4. The van der Waals surface area contributed by atoms with E-state index in [9.17, 15) is 9.18 Å². The fourth-order valence-corrected chi connectivity index (χ4v) is 3.23. The van der Waals surface area contributed by atoms with Gasteiger partial charge < -0.3 is 9.74 Å². The monoisotopic (exact) mass is 382 g/mol. The Hall–Kier alpha value is -2.69. The summed E-state index contributed by atoms with van der Waals surface area (Å²) in [5.41, 5.74) is 2.42. The highest BCUT2D eigenvalue weighted by Gasteiger charge is 2.28. The quantitative estimate of drug-likeness (QED) is 0.721. The number of nitrogens with zero attached hydrogens (tertiary/aromatic N) is 2. The van der Waals surface area contributed by atoms with Crippen molar-refractivity contribution in [2.24, 2.45) is 10.6 Å². The summed E-state index contributed by atoms with van der Waals surface area (Å²) in [6, 6.07) is 16.3. The highest BCUT2D eigenvalue weighted by atomic mass is 19.1. The summed E-state index contributed by atoms with van der Waals surface area (Å²) in [6.45, 7) is 7.16. The first-order valence-corrected chi connectivity index (χ1v) is 9.60. The number of amides is 1.